The maximum atomic E-state index is 10.8. The number of rotatable bonds is 1. The minimum Gasteiger partial charge on any atom is -0.478 e. The molecule has 2 rings (SSSR count). The molecule has 0 aliphatic rings. The second-order valence-electron chi connectivity index (χ2n) is 2.54. The molecule has 4 nitrogen and oxygen atoms in total. The first-order chi connectivity index (χ1) is 6.18. The highest BCUT2D eigenvalue weighted by Crippen LogP contribution is 2.15. The third-order valence-electron chi connectivity index (χ3n) is 1.68. The number of nitrogens with zero attached hydrogens (tertiary/aromatic N) is 2. The number of pyridine rings is 1. The number of carboxylic acids is 1. The molecule has 0 unspecified atom stereocenters. The number of carbonyl (C=O) groups is 1. The first kappa shape index (κ1) is 10.8. The van der Waals surface area contributed by atoms with E-state index in [1.54, 1.807) is 16.8 Å². The molecule has 0 aliphatic heterocycles. The van der Waals surface area contributed by atoms with E-state index in [0.717, 1.165) is 0 Å². The summed E-state index contributed by atoms with van der Waals surface area (Å²) in [6, 6.07) is 1.38. The van der Waals surface area contributed by atoms with Crippen molar-refractivity contribution in [3.05, 3.63) is 35.2 Å². The second-order valence-corrected chi connectivity index (χ2v) is 2.97. The fourth-order valence-electron chi connectivity index (χ4n) is 1.16. The first-order valence-electron chi connectivity index (χ1n) is 3.54. The maximum absolute atomic E-state index is 10.8. The molecular weight excluding hydrogens is 227 g/mol. The Balaban J connectivity index is 0.000000980. The smallest absolute Gasteiger partial charge is 0.339 e. The van der Waals surface area contributed by atoms with Crippen molar-refractivity contribution in [3.8, 4) is 0 Å². The van der Waals surface area contributed by atoms with Crippen LogP contribution in [0.25, 0.3) is 5.65 Å². The van der Waals surface area contributed by atoms with Gasteiger partial charge in [0, 0.05) is 18.6 Å². The number of imidazole rings is 1. The van der Waals surface area contributed by atoms with Gasteiger partial charge >= 0.3 is 5.97 Å². The molecule has 1 N–H and O–H groups in total. The summed E-state index contributed by atoms with van der Waals surface area (Å²) in [5, 5.41) is 9.19. The van der Waals surface area contributed by atoms with Crippen LogP contribution in [-0.2, 0) is 0 Å². The van der Waals surface area contributed by atoms with Crippen molar-refractivity contribution in [3.63, 3.8) is 0 Å². The Morgan fingerprint density at radius 3 is 2.93 bits per heavy atom. The van der Waals surface area contributed by atoms with Crippen molar-refractivity contribution in [2.45, 2.75) is 0 Å². The van der Waals surface area contributed by atoms with Gasteiger partial charge in [0.2, 0.25) is 0 Å². The van der Waals surface area contributed by atoms with Crippen LogP contribution in [0.1, 0.15) is 10.4 Å². The van der Waals surface area contributed by atoms with Crippen molar-refractivity contribution in [1.29, 1.82) is 0 Å². The van der Waals surface area contributed by atoms with E-state index < -0.39 is 5.97 Å². The fraction of sp³-hybridized carbons (Fsp3) is 0. The van der Waals surface area contributed by atoms with Gasteiger partial charge in [-0.2, -0.15) is 0 Å². The molecule has 74 valence electrons. The number of carboxylic acid groups (broad SMARTS) is 1. The summed E-state index contributed by atoms with van der Waals surface area (Å²) in [5.41, 5.74) is 0.509. The van der Waals surface area contributed by atoms with Gasteiger partial charge in [0.05, 0.1) is 5.02 Å². The molecule has 0 aromatic carbocycles. The molecule has 0 amide bonds. The lowest BCUT2D eigenvalue weighted by molar-refractivity contribution is 0.0698. The number of hydrogen-bond donors (Lipinski definition) is 1. The summed E-state index contributed by atoms with van der Waals surface area (Å²) >= 11 is 5.71. The minimum absolute atomic E-state index is 0. The molecule has 0 bridgehead atoms. The van der Waals surface area contributed by atoms with Crippen LogP contribution in [0.2, 0.25) is 5.02 Å². The Kier molecular flexibility index (Phi) is 2.98. The normalized spacial score (nSPS) is 9.79. The summed E-state index contributed by atoms with van der Waals surface area (Å²) in [6.07, 6.45) is 4.78. The van der Waals surface area contributed by atoms with Crippen molar-refractivity contribution >= 4 is 35.6 Å². The van der Waals surface area contributed by atoms with Gasteiger partial charge < -0.3 is 9.51 Å². The summed E-state index contributed by atoms with van der Waals surface area (Å²) < 4.78 is 1.58. The number of fused-ring (bicyclic) bond motifs is 1. The van der Waals surface area contributed by atoms with Crippen LogP contribution in [0, 0.1) is 0 Å². The van der Waals surface area contributed by atoms with Crippen LogP contribution >= 0.6 is 24.0 Å². The van der Waals surface area contributed by atoms with Gasteiger partial charge in [-0.15, -0.1) is 12.4 Å². The molecule has 0 saturated heterocycles. The third-order valence-corrected chi connectivity index (χ3v) is 1.89. The number of aromatic nitrogens is 2. The predicted octanol–water partition coefficient (Wildman–Crippen LogP) is 2.11. The van der Waals surface area contributed by atoms with Crippen LogP contribution in [0.15, 0.2) is 24.7 Å². The number of hydrogen-bond acceptors (Lipinski definition) is 2. The zero-order valence-corrected chi connectivity index (χ0v) is 8.42. The van der Waals surface area contributed by atoms with E-state index in [2.05, 4.69) is 4.98 Å². The monoisotopic (exact) mass is 232 g/mol. The molecule has 0 spiro atoms. The molecule has 6 heteroatoms. The van der Waals surface area contributed by atoms with E-state index in [4.69, 9.17) is 16.7 Å². The molecule has 0 saturated carbocycles. The minimum atomic E-state index is -1.03. The molecule has 0 atom stereocenters. The largest absolute Gasteiger partial charge is 0.478 e. The average Bonchev–Trinajstić information content (AvgIpc) is 2.49. The van der Waals surface area contributed by atoms with E-state index >= 15 is 0 Å². The van der Waals surface area contributed by atoms with Crippen LogP contribution in [0.3, 0.4) is 0 Å². The van der Waals surface area contributed by atoms with Crippen molar-refractivity contribution in [2.75, 3.05) is 0 Å². The zero-order valence-electron chi connectivity index (χ0n) is 6.85. The molecule has 0 aliphatic carbocycles. The van der Waals surface area contributed by atoms with Crippen LogP contribution in [0.5, 0.6) is 0 Å². The van der Waals surface area contributed by atoms with Crippen LogP contribution in [0.4, 0.5) is 0 Å². The van der Waals surface area contributed by atoms with Crippen LogP contribution in [-0.4, -0.2) is 20.5 Å². The highest BCUT2D eigenvalue weighted by atomic mass is 35.5. The van der Waals surface area contributed by atoms with Gasteiger partial charge in [-0.1, -0.05) is 11.6 Å². The first-order valence-corrected chi connectivity index (χ1v) is 3.92. The average molecular weight is 233 g/mol. The lowest BCUT2D eigenvalue weighted by Crippen LogP contribution is -2.00. The van der Waals surface area contributed by atoms with E-state index in [-0.39, 0.29) is 18.0 Å². The van der Waals surface area contributed by atoms with Crippen molar-refractivity contribution < 1.29 is 9.90 Å². The van der Waals surface area contributed by atoms with E-state index in [1.807, 2.05) is 0 Å². The summed E-state index contributed by atoms with van der Waals surface area (Å²) in [4.78, 5) is 14.7. The Labute approximate surface area is 90.5 Å². The topological polar surface area (TPSA) is 54.6 Å². The molecule has 2 aromatic rings. The van der Waals surface area contributed by atoms with Gasteiger partial charge in [-0.25, -0.2) is 9.78 Å². The molecule has 0 fully saturated rings. The zero-order chi connectivity index (χ0) is 9.42. The summed E-state index contributed by atoms with van der Waals surface area (Å²) in [6.45, 7) is 0. The van der Waals surface area contributed by atoms with E-state index in [9.17, 15) is 4.79 Å². The number of halogens is 2. The third kappa shape index (κ3) is 1.66. The highest BCUT2D eigenvalue weighted by molar-refractivity contribution is 6.31. The lowest BCUT2D eigenvalue weighted by atomic mass is 10.3. The number of aromatic carboxylic acids is 1. The highest BCUT2D eigenvalue weighted by Gasteiger charge is 2.10. The maximum Gasteiger partial charge on any atom is 0.339 e. The van der Waals surface area contributed by atoms with Gasteiger partial charge in [0.1, 0.15) is 5.56 Å². The SMILES string of the molecule is Cl.O=C(O)c1cc(Cl)cn2ccnc12. The van der Waals surface area contributed by atoms with Crippen LogP contribution < -0.4 is 0 Å². The summed E-state index contributed by atoms with van der Waals surface area (Å²) in [5.74, 6) is -1.03. The molecule has 0 radical (unpaired) electrons. The van der Waals surface area contributed by atoms with Crippen molar-refractivity contribution in [1.82, 2.24) is 9.38 Å². The Hall–Kier alpha value is -1.26. The molecular formula is C8H6Cl2N2O2. The van der Waals surface area contributed by atoms with Gasteiger partial charge in [0.25, 0.3) is 0 Å². The van der Waals surface area contributed by atoms with Crippen molar-refractivity contribution in [2.24, 2.45) is 0 Å². The molecule has 2 aromatic heterocycles. The van der Waals surface area contributed by atoms with E-state index in [1.165, 1.54) is 12.3 Å². The van der Waals surface area contributed by atoms with E-state index in [0.29, 0.717) is 10.7 Å². The van der Waals surface area contributed by atoms with Gasteiger partial charge in [-0.3, -0.25) is 0 Å². The molecule has 2 heterocycles. The Bertz CT molecular complexity index is 481. The quantitative estimate of drug-likeness (QED) is 0.820. The Morgan fingerprint density at radius 1 is 1.57 bits per heavy atom. The standard InChI is InChI=1S/C8H5ClN2O2.ClH/c9-5-3-6(8(12)13)7-10-1-2-11(7)4-5;/h1-4H,(H,12,13);1H. The van der Waals surface area contributed by atoms with Gasteiger partial charge in [0.15, 0.2) is 5.65 Å². The fourth-order valence-corrected chi connectivity index (χ4v) is 1.37. The Morgan fingerprint density at radius 2 is 2.29 bits per heavy atom. The summed E-state index contributed by atoms with van der Waals surface area (Å²) in [7, 11) is 0. The lowest BCUT2D eigenvalue weighted by Gasteiger charge is -1.99. The molecule has 14 heavy (non-hydrogen) atoms. The van der Waals surface area contributed by atoms with Gasteiger partial charge in [-0.05, 0) is 6.07 Å². The predicted molar refractivity (Wildman–Crippen MR) is 54.4 cm³/mol. The second kappa shape index (κ2) is 3.86.